The Labute approximate surface area is 741 Å². The van der Waals surface area contributed by atoms with E-state index in [0.717, 1.165) is 103 Å². The summed E-state index contributed by atoms with van der Waals surface area (Å²) >= 11 is 35.3. The molecule has 123 heavy (non-hydrogen) atoms. The van der Waals surface area contributed by atoms with Gasteiger partial charge in [-0.25, -0.2) is 0 Å². The molecule has 0 aliphatic carbocycles. The predicted molar refractivity (Wildman–Crippen MR) is 506 cm³/mol. The van der Waals surface area contributed by atoms with Crippen LogP contribution in [0.2, 0.25) is 30.1 Å². The number of pyridine rings is 1. The number of para-hydroxylation sites is 3. The summed E-state index contributed by atoms with van der Waals surface area (Å²) in [7, 11) is 0. The topological polar surface area (TPSA) is 202 Å². The number of hydrogen-bond donors (Lipinski definition) is 8. The lowest BCUT2D eigenvalue weighted by atomic mass is 10.1. The van der Waals surface area contributed by atoms with Gasteiger partial charge in [-0.15, -0.1) is 0 Å². The minimum absolute atomic E-state index is 0.0540. The molecule has 7 aromatic heterocycles. The second kappa shape index (κ2) is 40.8. The van der Waals surface area contributed by atoms with E-state index in [1.165, 1.54) is 49.5 Å². The van der Waals surface area contributed by atoms with Crippen molar-refractivity contribution < 1.29 is 19.2 Å². The molecule has 8 N–H and O–H groups in total. The lowest BCUT2D eigenvalue weighted by Crippen LogP contribution is -2.25. The maximum atomic E-state index is 12.3. The van der Waals surface area contributed by atoms with Gasteiger partial charge in [0.2, 0.25) is 5.91 Å². The van der Waals surface area contributed by atoms with Crippen molar-refractivity contribution in [2.75, 3.05) is 13.1 Å². The average molecular weight is 1740 g/mol. The van der Waals surface area contributed by atoms with Crippen LogP contribution < -0.4 is 21.3 Å². The third kappa shape index (κ3) is 21.7. The normalized spacial score (nSPS) is 10.9. The van der Waals surface area contributed by atoms with Gasteiger partial charge in [0.25, 0.3) is 17.7 Å². The summed E-state index contributed by atoms with van der Waals surface area (Å²) in [6, 6.07) is 97.7. The van der Waals surface area contributed by atoms with Gasteiger partial charge in [-0.3, -0.25) is 24.2 Å². The molecule has 0 fully saturated rings. The van der Waals surface area contributed by atoms with Gasteiger partial charge in [0.15, 0.2) is 0 Å². The second-order valence-electron chi connectivity index (χ2n) is 29.2. The first kappa shape index (κ1) is 84.7. The Bertz CT molecular complexity index is 6710. The number of amides is 4. The zero-order chi connectivity index (χ0) is 85.0. The number of halogens is 6. The molecule has 19 aromatic rings. The van der Waals surface area contributed by atoms with Crippen LogP contribution in [0.1, 0.15) is 71.7 Å². The van der Waals surface area contributed by atoms with E-state index in [2.05, 4.69) is 201 Å². The minimum Gasteiger partial charge on any atom is -0.361 e. The van der Waals surface area contributed by atoms with E-state index in [9.17, 15) is 19.2 Å². The van der Waals surface area contributed by atoms with Crippen molar-refractivity contribution in [3.05, 3.63) is 421 Å². The second-order valence-corrected chi connectivity index (χ2v) is 31.8. The summed E-state index contributed by atoms with van der Waals surface area (Å²) in [4.78, 5) is 65.8. The molecule has 0 saturated carbocycles. The number of nitrogens with one attached hydrogen (secondary N) is 8. The quantitative estimate of drug-likeness (QED) is 0.0330. The number of nitrogens with zero attached hydrogens (tertiary/aromatic N) is 3. The molecular formula is C102H83Cl6N11O4. The number of aryl methyl sites for hydroxylation is 2. The van der Waals surface area contributed by atoms with Crippen LogP contribution in [-0.2, 0) is 37.1 Å². The molecular weight excluding hydrogens is 1660 g/mol. The minimum atomic E-state index is -0.126. The molecule has 15 nitrogen and oxygen atoms in total. The van der Waals surface area contributed by atoms with E-state index < -0.39 is 0 Å². The van der Waals surface area contributed by atoms with Crippen LogP contribution in [0.5, 0.6) is 0 Å². The number of carbonyl (C=O) groups excluding carboxylic acids is 4. The molecule has 612 valence electrons. The lowest BCUT2D eigenvalue weighted by Gasteiger charge is -2.09. The van der Waals surface area contributed by atoms with Crippen molar-refractivity contribution in [3.8, 4) is 33.6 Å². The Hall–Kier alpha value is -13.4. The number of carbonyl (C=O) groups is 4. The van der Waals surface area contributed by atoms with E-state index in [1.807, 2.05) is 140 Å². The molecule has 0 aliphatic rings. The molecule has 0 atom stereocenters. The van der Waals surface area contributed by atoms with Crippen LogP contribution in [0.3, 0.4) is 0 Å². The molecule has 4 amide bonds. The zero-order valence-electron chi connectivity index (χ0n) is 66.5. The van der Waals surface area contributed by atoms with Crippen LogP contribution in [0.15, 0.2) is 347 Å². The van der Waals surface area contributed by atoms with Crippen molar-refractivity contribution in [1.82, 2.24) is 55.3 Å². The van der Waals surface area contributed by atoms with Gasteiger partial charge >= 0.3 is 0 Å². The summed E-state index contributed by atoms with van der Waals surface area (Å²) in [6.07, 6.45) is 19.3. The molecule has 19 rings (SSSR count). The third-order valence-corrected chi connectivity index (χ3v) is 22.4. The molecule has 0 unspecified atom stereocenters. The zero-order valence-corrected chi connectivity index (χ0v) is 71.1. The lowest BCUT2D eigenvalue weighted by molar-refractivity contribution is -0.121. The van der Waals surface area contributed by atoms with E-state index in [0.29, 0.717) is 79.4 Å². The Balaban J connectivity index is 0.000000122. The first-order valence-electron chi connectivity index (χ1n) is 40.1. The molecule has 0 spiro atoms. The van der Waals surface area contributed by atoms with Crippen molar-refractivity contribution in [3.63, 3.8) is 0 Å². The van der Waals surface area contributed by atoms with Gasteiger partial charge in [-0.2, -0.15) is 0 Å². The van der Waals surface area contributed by atoms with Crippen LogP contribution in [-0.4, -0.2) is 70.8 Å². The summed E-state index contributed by atoms with van der Waals surface area (Å²) in [5.41, 5.74) is 20.5. The number of fused-ring (bicyclic) bond motifs is 6. The Morgan fingerprint density at radius 2 is 0.699 bits per heavy atom. The van der Waals surface area contributed by atoms with Crippen molar-refractivity contribution in [2.45, 2.75) is 45.2 Å². The maximum Gasteiger partial charge on any atom is 0.253 e. The molecule has 0 bridgehead atoms. The Morgan fingerprint density at radius 3 is 1.18 bits per heavy atom. The SMILES string of the molecule is O=C(CCc1c[nH]c2ccccc12)NCc1ccc(Cl)cc1.O=C(NCCCc1ccccc1)c1c[nH]c2cc(Cl)ccc12.O=C(NCCc1ccc(Cl)cc1)c1c[nH]c2cc(Cl)ccc12.O=C(NCc1ccc(Cl)cc1)c1c[nH]c2cc(Cl)ccc12.c1ccc(-c2cn(-c3cncc(-n4cc(-c5ccccc5)c5ccccc54)c3)c3ccccc23)cc1. The molecule has 0 saturated heterocycles. The van der Waals surface area contributed by atoms with Crippen LogP contribution in [0, 0.1) is 0 Å². The third-order valence-electron chi connectivity index (χ3n) is 21.0. The van der Waals surface area contributed by atoms with Gasteiger partial charge < -0.3 is 50.3 Å². The highest BCUT2D eigenvalue weighted by Crippen LogP contribution is 2.37. The first-order valence-corrected chi connectivity index (χ1v) is 42.4. The highest BCUT2D eigenvalue weighted by molar-refractivity contribution is 6.33. The smallest absolute Gasteiger partial charge is 0.253 e. The van der Waals surface area contributed by atoms with Crippen molar-refractivity contribution in [2.24, 2.45) is 0 Å². The number of hydrogen-bond acceptors (Lipinski definition) is 5. The summed E-state index contributed by atoms with van der Waals surface area (Å²) in [5, 5.41) is 22.0. The molecule has 0 aliphatic heterocycles. The highest BCUT2D eigenvalue weighted by Gasteiger charge is 2.19. The van der Waals surface area contributed by atoms with E-state index >= 15 is 0 Å². The summed E-state index contributed by atoms with van der Waals surface area (Å²) < 4.78 is 4.50. The van der Waals surface area contributed by atoms with Gasteiger partial charge in [-0.1, -0.05) is 270 Å². The molecule has 12 aromatic carbocycles. The summed E-state index contributed by atoms with van der Waals surface area (Å²) in [5.74, 6) is -0.220. The monoisotopic (exact) mass is 1740 g/mol. The van der Waals surface area contributed by atoms with E-state index in [-0.39, 0.29) is 23.6 Å². The standard InChI is InChI=1S/C33H23N3.2C18H17ClN2O.C17H14Cl2N2O.C16H12Cl2N2O/c1-3-11-24(12-4-1)30-22-35(32-17-9-7-15-28(30)32)26-19-27(21-34-20-26)36-23-31(25-13-5-2-6-14-25)29-16-8-10-18-33(29)36;19-14-8-9-15-16(12-21-17(15)11-14)18(22)20-10-4-7-13-5-2-1-3-6-13;19-15-8-5-13(6-9-15)11-21-18(22)10-7-14-12-20-17-4-2-1-3-16(14)17;18-12-3-1-11(2-4-12)7-8-20-17(22)15-10-21-16-9-13(19)5-6-14(15)16;17-11-3-1-10(2-4-11)8-20-16(21)14-9-19-15-7-12(18)5-6-13(14)15/h1-23H;1-3,5-6,8-9,11-12,21H,4,7,10H2,(H,20,22);1-6,8-9,12,20H,7,10-11H2,(H,21,22);1-6,9-10,21H,7-8H2,(H,20,22);1-7,9,19H,8H2,(H,20,21). The maximum absolute atomic E-state index is 12.3. The number of aromatic amines is 4. The number of H-pyrrole nitrogens is 4. The molecule has 7 heterocycles. The average Bonchev–Trinajstić information content (AvgIpc) is 1.62. The largest absolute Gasteiger partial charge is 0.361 e. The molecule has 0 radical (unpaired) electrons. The fraction of sp³-hybridized carbons (Fsp3) is 0.0882. The predicted octanol–water partition coefficient (Wildman–Crippen LogP) is 25.4. The van der Waals surface area contributed by atoms with E-state index in [1.54, 1.807) is 61.1 Å². The fourth-order valence-corrected chi connectivity index (χ4v) is 15.6. The first-order chi connectivity index (χ1) is 60.1. The highest BCUT2D eigenvalue weighted by atomic mass is 35.5. The van der Waals surface area contributed by atoms with Gasteiger partial charge in [0.05, 0.1) is 51.5 Å². The Morgan fingerprint density at radius 1 is 0.317 bits per heavy atom. The van der Waals surface area contributed by atoms with Crippen LogP contribution in [0.25, 0.3) is 99.0 Å². The van der Waals surface area contributed by atoms with Crippen molar-refractivity contribution >= 4 is 159 Å². The van der Waals surface area contributed by atoms with Crippen molar-refractivity contribution in [1.29, 1.82) is 0 Å². The number of benzene rings is 12. The van der Waals surface area contributed by atoms with Gasteiger partial charge in [0, 0.05) is 165 Å². The number of rotatable bonds is 21. The fourth-order valence-electron chi connectivity index (χ4n) is 14.7. The molecule has 21 heteroatoms. The number of aromatic nitrogens is 7. The summed E-state index contributed by atoms with van der Waals surface area (Å²) in [6.45, 7) is 2.22. The van der Waals surface area contributed by atoms with Gasteiger partial charge in [0.1, 0.15) is 0 Å². The van der Waals surface area contributed by atoms with Crippen LogP contribution >= 0.6 is 69.6 Å². The Kier molecular flexibility index (Phi) is 28.1. The van der Waals surface area contributed by atoms with Crippen LogP contribution in [0.4, 0.5) is 0 Å². The van der Waals surface area contributed by atoms with E-state index in [4.69, 9.17) is 69.6 Å². The van der Waals surface area contributed by atoms with Gasteiger partial charge in [-0.05, 0) is 162 Å².